The minimum Gasteiger partial charge on any atom is -0.459 e. The highest BCUT2D eigenvalue weighted by molar-refractivity contribution is 5.77. The molecule has 2 atom stereocenters. The zero-order chi connectivity index (χ0) is 16.5. The van der Waals surface area contributed by atoms with Crippen molar-refractivity contribution in [1.82, 2.24) is 24.8 Å². The Morgan fingerprint density at radius 2 is 2.08 bits per heavy atom. The van der Waals surface area contributed by atoms with E-state index in [-0.39, 0.29) is 24.4 Å². The van der Waals surface area contributed by atoms with Crippen molar-refractivity contribution in [2.24, 2.45) is 13.0 Å². The van der Waals surface area contributed by atoms with Gasteiger partial charge in [-0.3, -0.25) is 9.48 Å². The van der Waals surface area contributed by atoms with Gasteiger partial charge in [-0.05, 0) is 24.1 Å². The molecule has 0 radical (unpaired) electrons. The standard InChI is InChI=1S/C17H17N5O2/c1-21-10-12(8-18-21)15-7-16(15)17(23)24-11-13-9-19-22(20-13)14-5-3-2-4-6-14/h2-6,8-10,15-16H,7,11H2,1H3. The highest BCUT2D eigenvalue weighted by Crippen LogP contribution is 2.48. The summed E-state index contributed by atoms with van der Waals surface area (Å²) in [7, 11) is 1.87. The Morgan fingerprint density at radius 3 is 2.83 bits per heavy atom. The first kappa shape index (κ1) is 14.6. The predicted molar refractivity (Wildman–Crippen MR) is 85.2 cm³/mol. The van der Waals surface area contributed by atoms with Gasteiger partial charge in [0.25, 0.3) is 0 Å². The molecule has 4 rings (SSSR count). The van der Waals surface area contributed by atoms with Crippen LogP contribution < -0.4 is 0 Å². The van der Waals surface area contributed by atoms with E-state index < -0.39 is 0 Å². The lowest BCUT2D eigenvalue weighted by Crippen LogP contribution is -2.08. The van der Waals surface area contributed by atoms with E-state index >= 15 is 0 Å². The number of para-hydroxylation sites is 1. The van der Waals surface area contributed by atoms with E-state index in [0.717, 1.165) is 17.7 Å². The fraction of sp³-hybridized carbons (Fsp3) is 0.294. The normalized spacial score (nSPS) is 19.2. The molecule has 122 valence electrons. The summed E-state index contributed by atoms with van der Waals surface area (Å²) in [6.45, 7) is 0.141. The number of carbonyl (C=O) groups is 1. The van der Waals surface area contributed by atoms with Crippen molar-refractivity contribution in [2.75, 3.05) is 0 Å². The van der Waals surface area contributed by atoms with Crippen LogP contribution in [0.5, 0.6) is 0 Å². The Hall–Kier alpha value is -2.96. The van der Waals surface area contributed by atoms with Crippen molar-refractivity contribution in [2.45, 2.75) is 18.9 Å². The molecule has 3 aromatic rings. The van der Waals surface area contributed by atoms with Crippen molar-refractivity contribution in [3.63, 3.8) is 0 Å². The molecule has 1 fully saturated rings. The number of aromatic nitrogens is 5. The van der Waals surface area contributed by atoms with E-state index in [2.05, 4.69) is 15.3 Å². The van der Waals surface area contributed by atoms with Gasteiger partial charge in [0.15, 0.2) is 0 Å². The van der Waals surface area contributed by atoms with Gasteiger partial charge in [0.2, 0.25) is 0 Å². The van der Waals surface area contributed by atoms with E-state index in [1.54, 1.807) is 10.9 Å². The number of rotatable bonds is 5. The Labute approximate surface area is 138 Å². The Morgan fingerprint density at radius 1 is 1.25 bits per heavy atom. The van der Waals surface area contributed by atoms with Crippen LogP contribution >= 0.6 is 0 Å². The maximum absolute atomic E-state index is 12.1. The third kappa shape index (κ3) is 2.92. The highest BCUT2D eigenvalue weighted by Gasteiger charge is 2.45. The second-order valence-corrected chi connectivity index (χ2v) is 5.96. The fourth-order valence-electron chi connectivity index (χ4n) is 2.75. The van der Waals surface area contributed by atoms with E-state index in [4.69, 9.17) is 4.74 Å². The zero-order valence-electron chi connectivity index (χ0n) is 13.2. The van der Waals surface area contributed by atoms with Gasteiger partial charge in [0.1, 0.15) is 12.3 Å². The molecule has 0 saturated heterocycles. The summed E-state index contributed by atoms with van der Waals surface area (Å²) in [6, 6.07) is 9.61. The Balaban J connectivity index is 1.33. The SMILES string of the molecule is Cn1cc(C2CC2C(=O)OCc2cnn(-c3ccccc3)n2)cn1. The van der Waals surface area contributed by atoms with Crippen molar-refractivity contribution in [3.8, 4) is 5.69 Å². The smallest absolute Gasteiger partial charge is 0.309 e. The van der Waals surface area contributed by atoms with Crippen LogP contribution in [0.25, 0.3) is 5.69 Å². The van der Waals surface area contributed by atoms with Crippen molar-refractivity contribution in [1.29, 1.82) is 0 Å². The van der Waals surface area contributed by atoms with Gasteiger partial charge in [-0.2, -0.15) is 15.0 Å². The summed E-state index contributed by atoms with van der Waals surface area (Å²) in [6.07, 6.45) is 6.19. The number of hydrogen-bond acceptors (Lipinski definition) is 5. The number of benzene rings is 1. The topological polar surface area (TPSA) is 74.8 Å². The van der Waals surface area contributed by atoms with Gasteiger partial charge in [0.05, 0.1) is 24.0 Å². The van der Waals surface area contributed by atoms with E-state index in [0.29, 0.717) is 5.69 Å². The van der Waals surface area contributed by atoms with Crippen LogP contribution in [0.2, 0.25) is 0 Å². The molecule has 1 aliphatic carbocycles. The Bertz CT molecular complexity index is 855. The van der Waals surface area contributed by atoms with Crippen molar-refractivity contribution >= 4 is 5.97 Å². The molecule has 2 aromatic heterocycles. The summed E-state index contributed by atoms with van der Waals surface area (Å²) in [4.78, 5) is 13.7. The molecule has 2 unspecified atom stereocenters. The summed E-state index contributed by atoms with van der Waals surface area (Å²) in [5.74, 6) is -0.0253. The second-order valence-electron chi connectivity index (χ2n) is 5.96. The monoisotopic (exact) mass is 323 g/mol. The minimum absolute atomic E-state index is 0.0710. The third-order valence-corrected chi connectivity index (χ3v) is 4.13. The van der Waals surface area contributed by atoms with E-state index in [9.17, 15) is 4.79 Å². The van der Waals surface area contributed by atoms with Crippen LogP contribution in [0.1, 0.15) is 23.6 Å². The van der Waals surface area contributed by atoms with Gasteiger partial charge in [-0.15, -0.1) is 5.10 Å². The second kappa shape index (κ2) is 5.92. The molecule has 24 heavy (non-hydrogen) atoms. The number of hydrogen-bond donors (Lipinski definition) is 0. The summed E-state index contributed by atoms with van der Waals surface area (Å²) >= 11 is 0. The summed E-state index contributed by atoms with van der Waals surface area (Å²) in [5.41, 5.74) is 2.59. The molecule has 0 aliphatic heterocycles. The summed E-state index contributed by atoms with van der Waals surface area (Å²) < 4.78 is 7.13. The van der Waals surface area contributed by atoms with Crippen LogP contribution in [0.4, 0.5) is 0 Å². The molecule has 7 nitrogen and oxygen atoms in total. The average molecular weight is 323 g/mol. The van der Waals surface area contributed by atoms with E-state index in [1.165, 1.54) is 4.80 Å². The van der Waals surface area contributed by atoms with Crippen LogP contribution in [0.3, 0.4) is 0 Å². The minimum atomic E-state index is -0.182. The lowest BCUT2D eigenvalue weighted by molar-refractivity contribution is -0.146. The molecular formula is C17H17N5O2. The molecular weight excluding hydrogens is 306 g/mol. The molecule has 1 saturated carbocycles. The number of aryl methyl sites for hydroxylation is 1. The van der Waals surface area contributed by atoms with Crippen molar-refractivity contribution in [3.05, 3.63) is 60.2 Å². The first-order valence-corrected chi connectivity index (χ1v) is 7.82. The third-order valence-electron chi connectivity index (χ3n) is 4.13. The lowest BCUT2D eigenvalue weighted by Gasteiger charge is -2.01. The number of esters is 1. The fourth-order valence-corrected chi connectivity index (χ4v) is 2.75. The van der Waals surface area contributed by atoms with Crippen molar-refractivity contribution < 1.29 is 9.53 Å². The van der Waals surface area contributed by atoms with Crippen LogP contribution in [0.15, 0.2) is 48.9 Å². The maximum atomic E-state index is 12.1. The van der Waals surface area contributed by atoms with Gasteiger partial charge in [0, 0.05) is 19.2 Å². The lowest BCUT2D eigenvalue weighted by atomic mass is 10.2. The molecule has 0 bridgehead atoms. The number of carbonyl (C=O) groups excluding carboxylic acids is 1. The molecule has 0 amide bonds. The number of ether oxygens (including phenoxy) is 1. The molecule has 0 spiro atoms. The van der Waals surface area contributed by atoms with Crippen LogP contribution in [0, 0.1) is 5.92 Å². The molecule has 1 aromatic carbocycles. The zero-order valence-corrected chi connectivity index (χ0v) is 13.2. The van der Waals surface area contributed by atoms with Gasteiger partial charge in [-0.25, -0.2) is 0 Å². The van der Waals surface area contributed by atoms with Crippen LogP contribution in [-0.2, 0) is 23.2 Å². The van der Waals surface area contributed by atoms with Crippen LogP contribution in [-0.4, -0.2) is 30.7 Å². The largest absolute Gasteiger partial charge is 0.459 e. The first-order valence-electron chi connectivity index (χ1n) is 7.82. The van der Waals surface area contributed by atoms with E-state index in [1.807, 2.05) is 49.8 Å². The quantitative estimate of drug-likeness (QED) is 0.670. The molecule has 0 N–H and O–H groups in total. The average Bonchev–Trinajstić information content (AvgIpc) is 3.05. The number of nitrogens with zero attached hydrogens (tertiary/aromatic N) is 5. The summed E-state index contributed by atoms with van der Waals surface area (Å²) in [5, 5.41) is 12.7. The predicted octanol–water partition coefficient (Wildman–Crippen LogP) is 1.85. The molecule has 2 heterocycles. The van der Waals surface area contributed by atoms with Gasteiger partial charge >= 0.3 is 5.97 Å². The maximum Gasteiger partial charge on any atom is 0.309 e. The highest BCUT2D eigenvalue weighted by atomic mass is 16.5. The molecule has 7 heteroatoms. The first-order chi connectivity index (χ1) is 11.7. The van der Waals surface area contributed by atoms with Gasteiger partial charge < -0.3 is 4.74 Å². The Kier molecular flexibility index (Phi) is 3.60. The van der Waals surface area contributed by atoms with Gasteiger partial charge in [-0.1, -0.05) is 18.2 Å². The molecule has 1 aliphatic rings.